The summed E-state index contributed by atoms with van der Waals surface area (Å²) in [5.74, 6) is 0.0434. The van der Waals surface area contributed by atoms with Crippen LogP contribution >= 0.6 is 34.7 Å². The molecule has 1 unspecified atom stereocenters. The van der Waals surface area contributed by atoms with E-state index in [1.807, 2.05) is 17.5 Å². The van der Waals surface area contributed by atoms with Gasteiger partial charge in [-0.2, -0.15) is 9.78 Å². The summed E-state index contributed by atoms with van der Waals surface area (Å²) in [5.41, 5.74) is 0.666. The zero-order valence-corrected chi connectivity index (χ0v) is 16.1. The van der Waals surface area contributed by atoms with Crippen molar-refractivity contribution in [1.82, 2.24) is 14.9 Å². The van der Waals surface area contributed by atoms with E-state index in [4.69, 9.17) is 16.3 Å². The molecule has 7 nitrogen and oxygen atoms in total. The molecule has 0 aliphatic carbocycles. The van der Waals surface area contributed by atoms with E-state index in [9.17, 15) is 9.90 Å². The first-order valence-electron chi connectivity index (χ1n) is 7.92. The number of hydrogen-bond donors (Lipinski definition) is 0. The summed E-state index contributed by atoms with van der Waals surface area (Å²) in [6, 6.07) is 10.8. The van der Waals surface area contributed by atoms with Crippen molar-refractivity contribution in [1.29, 1.82) is 0 Å². The Labute approximate surface area is 167 Å². The third-order valence-corrected chi connectivity index (χ3v) is 6.03. The van der Waals surface area contributed by atoms with Crippen LogP contribution in [0.15, 0.2) is 52.0 Å². The highest BCUT2D eigenvalue weighted by Gasteiger charge is 2.29. The van der Waals surface area contributed by atoms with Gasteiger partial charge in [0.2, 0.25) is 5.16 Å². The molecule has 0 saturated carbocycles. The second-order valence-electron chi connectivity index (χ2n) is 5.60. The van der Waals surface area contributed by atoms with Crippen molar-refractivity contribution in [2.75, 3.05) is 0 Å². The molecule has 0 amide bonds. The Morgan fingerprint density at radius 1 is 1.26 bits per heavy atom. The van der Waals surface area contributed by atoms with Gasteiger partial charge in [-0.15, -0.1) is 21.5 Å². The van der Waals surface area contributed by atoms with E-state index in [0.717, 1.165) is 4.88 Å². The van der Waals surface area contributed by atoms with Crippen LogP contribution in [-0.4, -0.2) is 31.8 Å². The molecule has 4 rings (SSSR count). The summed E-state index contributed by atoms with van der Waals surface area (Å²) in [6.45, 7) is 0.168. The smallest absolute Gasteiger partial charge is 0.212 e. The maximum Gasteiger partial charge on any atom is 0.212 e. The number of thiophene rings is 1. The standard InChI is InChI=1S/C17H13ClN4O3S2/c18-10-3-5-11(6-4-10)25-9-14-19-20-17-22(14)21-16(12-2-1-7-26-12)13(27-17)8-15(23)24/h1-7,13H,8-9H2,(H,23,24)/p-1. The minimum atomic E-state index is -1.13. The highest BCUT2D eigenvalue weighted by molar-refractivity contribution is 8.00. The summed E-state index contributed by atoms with van der Waals surface area (Å²) in [7, 11) is 0. The van der Waals surface area contributed by atoms with E-state index in [0.29, 0.717) is 27.5 Å². The number of aliphatic carboxylic acids is 1. The van der Waals surface area contributed by atoms with Crippen LogP contribution < -0.4 is 9.84 Å². The van der Waals surface area contributed by atoms with Crippen molar-refractivity contribution in [3.05, 3.63) is 57.5 Å². The van der Waals surface area contributed by atoms with Crippen molar-refractivity contribution in [2.45, 2.75) is 23.4 Å². The third kappa shape index (κ3) is 4.00. The average molecular weight is 420 g/mol. The number of carbonyl (C=O) groups excluding carboxylic acids is 1. The highest BCUT2D eigenvalue weighted by Crippen LogP contribution is 2.33. The summed E-state index contributed by atoms with van der Waals surface area (Å²) in [5, 5.41) is 26.7. The minimum Gasteiger partial charge on any atom is -0.550 e. The highest BCUT2D eigenvalue weighted by atomic mass is 35.5. The monoisotopic (exact) mass is 419 g/mol. The van der Waals surface area contributed by atoms with Crippen LogP contribution in [0.1, 0.15) is 17.1 Å². The Morgan fingerprint density at radius 2 is 2.07 bits per heavy atom. The maximum absolute atomic E-state index is 11.1. The topological polar surface area (TPSA) is 92.4 Å². The van der Waals surface area contributed by atoms with Gasteiger partial charge in [-0.1, -0.05) is 29.4 Å². The molecule has 1 aliphatic heterocycles. The van der Waals surface area contributed by atoms with Crippen molar-refractivity contribution < 1.29 is 14.6 Å². The lowest BCUT2D eigenvalue weighted by Gasteiger charge is -2.22. The molecular weight excluding hydrogens is 408 g/mol. The number of ether oxygens (including phenoxy) is 1. The molecule has 1 aliphatic rings. The number of thioether (sulfide) groups is 1. The Kier molecular flexibility index (Phi) is 5.15. The summed E-state index contributed by atoms with van der Waals surface area (Å²) < 4.78 is 7.33. The maximum atomic E-state index is 11.1. The summed E-state index contributed by atoms with van der Waals surface area (Å²) in [4.78, 5) is 12.0. The van der Waals surface area contributed by atoms with Crippen molar-refractivity contribution >= 4 is 46.4 Å². The zero-order chi connectivity index (χ0) is 18.8. The third-order valence-electron chi connectivity index (χ3n) is 3.74. The minimum absolute atomic E-state index is 0.148. The first-order chi connectivity index (χ1) is 13.1. The van der Waals surface area contributed by atoms with Crippen LogP contribution in [-0.2, 0) is 11.4 Å². The fraction of sp³-hybridized carbons (Fsp3) is 0.176. The predicted octanol–water partition coefficient (Wildman–Crippen LogP) is 2.44. The van der Waals surface area contributed by atoms with Gasteiger partial charge in [-0.3, -0.25) is 0 Å². The van der Waals surface area contributed by atoms with Gasteiger partial charge in [0.15, 0.2) is 5.82 Å². The van der Waals surface area contributed by atoms with Gasteiger partial charge in [0.05, 0.1) is 15.8 Å². The van der Waals surface area contributed by atoms with E-state index in [1.165, 1.54) is 23.1 Å². The van der Waals surface area contributed by atoms with Gasteiger partial charge in [0.1, 0.15) is 12.4 Å². The second kappa shape index (κ2) is 7.71. The molecule has 138 valence electrons. The number of carboxylic acids is 1. The normalized spacial score (nSPS) is 15.9. The van der Waals surface area contributed by atoms with E-state index < -0.39 is 5.97 Å². The molecule has 0 spiro atoms. The van der Waals surface area contributed by atoms with Crippen LogP contribution in [0.5, 0.6) is 5.75 Å². The Morgan fingerprint density at radius 3 is 2.78 bits per heavy atom. The van der Waals surface area contributed by atoms with E-state index in [1.54, 1.807) is 28.9 Å². The van der Waals surface area contributed by atoms with E-state index in [-0.39, 0.29) is 18.3 Å². The van der Waals surface area contributed by atoms with Crippen LogP contribution in [0.2, 0.25) is 5.02 Å². The first kappa shape index (κ1) is 18.0. The molecular formula is C17H12ClN4O3S2-. The summed E-state index contributed by atoms with van der Waals surface area (Å²) >= 11 is 8.68. The van der Waals surface area contributed by atoms with Gasteiger partial charge in [-0.25, -0.2) is 0 Å². The average Bonchev–Trinajstić information content (AvgIpc) is 3.30. The number of hydrogen-bond acceptors (Lipinski definition) is 8. The molecule has 1 atom stereocenters. The zero-order valence-electron chi connectivity index (χ0n) is 13.7. The molecule has 3 heterocycles. The van der Waals surface area contributed by atoms with Crippen molar-refractivity contribution in [2.24, 2.45) is 5.10 Å². The van der Waals surface area contributed by atoms with Gasteiger partial charge in [-0.05, 0) is 35.7 Å². The van der Waals surface area contributed by atoms with Crippen LogP contribution in [0.25, 0.3) is 0 Å². The van der Waals surface area contributed by atoms with Gasteiger partial charge >= 0.3 is 0 Å². The lowest BCUT2D eigenvalue weighted by Crippen LogP contribution is -2.32. The number of halogens is 1. The fourth-order valence-electron chi connectivity index (χ4n) is 2.52. The number of nitrogens with zero attached hydrogens (tertiary/aromatic N) is 4. The molecule has 3 aromatic rings. The molecule has 2 aromatic heterocycles. The number of benzene rings is 1. The van der Waals surface area contributed by atoms with Gasteiger partial charge in [0, 0.05) is 17.4 Å². The predicted molar refractivity (Wildman–Crippen MR) is 101 cm³/mol. The van der Waals surface area contributed by atoms with Crippen LogP contribution in [0.3, 0.4) is 0 Å². The van der Waals surface area contributed by atoms with E-state index >= 15 is 0 Å². The number of aromatic nitrogens is 3. The van der Waals surface area contributed by atoms with E-state index in [2.05, 4.69) is 15.3 Å². The fourth-order valence-corrected chi connectivity index (χ4v) is 4.57. The Balaban J connectivity index is 1.61. The SMILES string of the molecule is O=C([O-])CC1Sc2nnc(COc3ccc(Cl)cc3)n2N=C1c1cccs1. The molecule has 0 saturated heterocycles. The molecule has 1 aromatic carbocycles. The summed E-state index contributed by atoms with van der Waals surface area (Å²) in [6.07, 6.45) is -0.148. The molecule has 27 heavy (non-hydrogen) atoms. The second-order valence-corrected chi connectivity index (χ2v) is 8.15. The molecule has 0 radical (unpaired) electrons. The quantitative estimate of drug-likeness (QED) is 0.609. The number of fused-ring (bicyclic) bond motifs is 1. The van der Waals surface area contributed by atoms with Crippen LogP contribution in [0.4, 0.5) is 0 Å². The van der Waals surface area contributed by atoms with Crippen LogP contribution in [0, 0.1) is 0 Å². The molecule has 0 N–H and O–H groups in total. The number of rotatable bonds is 6. The molecule has 10 heteroatoms. The first-order valence-corrected chi connectivity index (χ1v) is 10.1. The van der Waals surface area contributed by atoms with Gasteiger partial charge in [0.25, 0.3) is 0 Å². The van der Waals surface area contributed by atoms with Crippen molar-refractivity contribution in [3.8, 4) is 5.75 Å². The number of carbonyl (C=O) groups is 1. The molecule has 0 bridgehead atoms. The largest absolute Gasteiger partial charge is 0.550 e. The Bertz CT molecular complexity index is 986. The van der Waals surface area contributed by atoms with Gasteiger partial charge < -0.3 is 14.6 Å². The molecule has 0 fully saturated rings. The number of carboxylic acid groups (broad SMARTS) is 1. The lowest BCUT2D eigenvalue weighted by molar-refractivity contribution is -0.305. The van der Waals surface area contributed by atoms with Crippen molar-refractivity contribution in [3.63, 3.8) is 0 Å². The Hall–Kier alpha value is -2.36. The lowest BCUT2D eigenvalue weighted by atomic mass is 10.1.